The molecule has 1 atom stereocenters. The number of hydrogen-bond donors (Lipinski definition) is 0. The van der Waals surface area contributed by atoms with Gasteiger partial charge in [-0.15, -0.1) is 0 Å². The minimum absolute atomic E-state index is 0.0179. The van der Waals surface area contributed by atoms with E-state index in [-0.39, 0.29) is 34.0 Å². The number of amides is 1. The molecule has 1 aromatic rings. The van der Waals surface area contributed by atoms with E-state index in [4.69, 9.17) is 11.6 Å². The van der Waals surface area contributed by atoms with Crippen molar-refractivity contribution in [2.75, 3.05) is 12.3 Å². The van der Waals surface area contributed by atoms with Gasteiger partial charge >= 0.3 is 0 Å². The highest BCUT2D eigenvalue weighted by Crippen LogP contribution is 2.24. The molecule has 1 aliphatic rings. The van der Waals surface area contributed by atoms with Crippen molar-refractivity contribution in [1.29, 1.82) is 0 Å². The molecule has 6 heteroatoms. The third kappa shape index (κ3) is 3.77. The molecule has 0 spiro atoms. The van der Waals surface area contributed by atoms with E-state index in [1.165, 1.54) is 6.07 Å². The summed E-state index contributed by atoms with van der Waals surface area (Å²) >= 11 is 5.92. The van der Waals surface area contributed by atoms with E-state index in [9.17, 15) is 13.2 Å². The van der Waals surface area contributed by atoms with Crippen LogP contribution in [0.1, 0.15) is 32.6 Å². The van der Waals surface area contributed by atoms with Gasteiger partial charge in [-0.2, -0.15) is 0 Å². The lowest BCUT2D eigenvalue weighted by Gasteiger charge is -2.23. The summed E-state index contributed by atoms with van der Waals surface area (Å²) in [5.41, 5.74) is 0. The summed E-state index contributed by atoms with van der Waals surface area (Å²) in [7, 11) is -3.52. The predicted octanol–water partition coefficient (Wildman–Crippen LogP) is 2.90. The molecule has 0 aromatic heterocycles. The molecule has 0 bridgehead atoms. The average Bonchev–Trinajstić information content (AvgIpc) is 2.93. The van der Waals surface area contributed by atoms with E-state index >= 15 is 0 Å². The molecule has 1 saturated heterocycles. The summed E-state index contributed by atoms with van der Waals surface area (Å²) in [6.45, 7) is 2.79. The number of carbonyl (C=O) groups is 1. The molecule has 4 nitrogen and oxygen atoms in total. The first kappa shape index (κ1) is 16.3. The summed E-state index contributed by atoms with van der Waals surface area (Å²) in [6.07, 6.45) is 2.95. The average molecular weight is 330 g/mol. The van der Waals surface area contributed by atoms with Gasteiger partial charge < -0.3 is 4.90 Å². The highest BCUT2D eigenvalue weighted by atomic mass is 35.5. The fourth-order valence-corrected chi connectivity index (χ4v) is 4.56. The van der Waals surface area contributed by atoms with Crippen LogP contribution in [0.25, 0.3) is 0 Å². The van der Waals surface area contributed by atoms with Crippen molar-refractivity contribution in [2.45, 2.75) is 43.5 Å². The van der Waals surface area contributed by atoms with Crippen molar-refractivity contribution in [1.82, 2.24) is 4.90 Å². The quantitative estimate of drug-likeness (QED) is 0.834. The van der Waals surface area contributed by atoms with Crippen LogP contribution in [0.2, 0.25) is 5.02 Å². The Morgan fingerprint density at radius 1 is 1.38 bits per heavy atom. The SMILES string of the molecule is CCC1CCCN1C(=O)CCS(=O)(=O)c1ccccc1Cl. The van der Waals surface area contributed by atoms with Crippen LogP contribution in [-0.4, -0.2) is 37.6 Å². The van der Waals surface area contributed by atoms with Gasteiger partial charge in [0.15, 0.2) is 9.84 Å². The van der Waals surface area contributed by atoms with E-state index in [1.807, 2.05) is 4.90 Å². The molecule has 1 aliphatic heterocycles. The lowest BCUT2D eigenvalue weighted by molar-refractivity contribution is -0.131. The number of likely N-dealkylation sites (tertiary alicyclic amines) is 1. The maximum absolute atomic E-state index is 12.3. The molecule has 0 saturated carbocycles. The third-order valence-electron chi connectivity index (χ3n) is 3.93. The van der Waals surface area contributed by atoms with Crippen molar-refractivity contribution >= 4 is 27.3 Å². The van der Waals surface area contributed by atoms with Gasteiger partial charge in [0.05, 0.1) is 15.7 Å². The number of sulfone groups is 1. The lowest BCUT2D eigenvalue weighted by atomic mass is 10.1. The highest BCUT2D eigenvalue weighted by molar-refractivity contribution is 7.91. The van der Waals surface area contributed by atoms with Crippen LogP contribution >= 0.6 is 11.6 Å². The van der Waals surface area contributed by atoms with Crippen LogP contribution in [0.3, 0.4) is 0 Å². The normalized spacial score (nSPS) is 19.0. The van der Waals surface area contributed by atoms with E-state index in [0.717, 1.165) is 25.8 Å². The van der Waals surface area contributed by atoms with Crippen molar-refractivity contribution < 1.29 is 13.2 Å². The molecule has 0 radical (unpaired) electrons. The smallest absolute Gasteiger partial charge is 0.223 e. The van der Waals surface area contributed by atoms with Crippen LogP contribution in [-0.2, 0) is 14.6 Å². The second-order valence-electron chi connectivity index (χ2n) is 5.29. The summed E-state index contributed by atoms with van der Waals surface area (Å²) in [5, 5.41) is 0.206. The van der Waals surface area contributed by atoms with E-state index in [1.54, 1.807) is 18.2 Å². The largest absolute Gasteiger partial charge is 0.340 e. The standard InChI is InChI=1S/C15H20ClNO3S/c1-2-12-6-5-10-17(12)15(18)9-11-21(19,20)14-8-4-3-7-13(14)16/h3-4,7-8,12H,2,5-6,9-11H2,1H3. The number of nitrogens with zero attached hydrogens (tertiary/aromatic N) is 1. The zero-order valence-electron chi connectivity index (χ0n) is 12.1. The molecule has 0 N–H and O–H groups in total. The van der Waals surface area contributed by atoms with Crippen LogP contribution < -0.4 is 0 Å². The summed E-state index contributed by atoms with van der Waals surface area (Å²) in [5.74, 6) is -0.266. The Morgan fingerprint density at radius 2 is 2.10 bits per heavy atom. The monoisotopic (exact) mass is 329 g/mol. The molecule has 2 rings (SSSR count). The predicted molar refractivity (Wildman–Crippen MR) is 83.1 cm³/mol. The van der Waals surface area contributed by atoms with Gasteiger partial charge in [-0.25, -0.2) is 8.42 Å². The number of rotatable bonds is 5. The van der Waals surface area contributed by atoms with Crippen LogP contribution in [0, 0.1) is 0 Å². The Labute approximate surface area is 131 Å². The molecule has 1 aromatic carbocycles. The van der Waals surface area contributed by atoms with Gasteiger partial charge in [0.25, 0.3) is 0 Å². The molecule has 1 unspecified atom stereocenters. The molecule has 0 aliphatic carbocycles. The van der Waals surface area contributed by atoms with Gasteiger partial charge in [-0.3, -0.25) is 4.79 Å². The Morgan fingerprint density at radius 3 is 2.76 bits per heavy atom. The van der Waals surface area contributed by atoms with Crippen molar-refractivity contribution in [3.8, 4) is 0 Å². The Hall–Kier alpha value is -1.07. The molecule has 1 fully saturated rings. The summed E-state index contributed by atoms with van der Waals surface area (Å²) in [4.78, 5) is 14.1. The van der Waals surface area contributed by atoms with Gasteiger partial charge in [-0.1, -0.05) is 30.7 Å². The fourth-order valence-electron chi connectivity index (χ4n) is 2.76. The van der Waals surface area contributed by atoms with E-state index in [0.29, 0.717) is 0 Å². The molecular formula is C15H20ClNO3S. The van der Waals surface area contributed by atoms with Gasteiger partial charge in [0.2, 0.25) is 5.91 Å². The second kappa shape index (κ2) is 6.79. The van der Waals surface area contributed by atoms with Crippen molar-refractivity contribution in [3.63, 3.8) is 0 Å². The first-order valence-electron chi connectivity index (χ1n) is 7.22. The molecule has 116 valence electrons. The van der Waals surface area contributed by atoms with Gasteiger partial charge in [0, 0.05) is 19.0 Å². The molecule has 1 amide bonds. The molecule has 21 heavy (non-hydrogen) atoms. The maximum atomic E-state index is 12.3. The van der Waals surface area contributed by atoms with Gasteiger partial charge in [-0.05, 0) is 31.4 Å². The number of hydrogen-bond acceptors (Lipinski definition) is 3. The minimum Gasteiger partial charge on any atom is -0.340 e. The second-order valence-corrected chi connectivity index (χ2v) is 7.78. The number of benzene rings is 1. The topological polar surface area (TPSA) is 54.5 Å². The van der Waals surface area contributed by atoms with Crippen LogP contribution in [0.5, 0.6) is 0 Å². The number of carbonyl (C=O) groups excluding carboxylic acids is 1. The van der Waals surface area contributed by atoms with E-state index in [2.05, 4.69) is 6.92 Å². The maximum Gasteiger partial charge on any atom is 0.223 e. The number of halogens is 1. The summed E-state index contributed by atoms with van der Waals surface area (Å²) in [6, 6.07) is 6.61. The van der Waals surface area contributed by atoms with Crippen molar-refractivity contribution in [3.05, 3.63) is 29.3 Å². The lowest BCUT2D eigenvalue weighted by Crippen LogP contribution is -2.36. The zero-order valence-corrected chi connectivity index (χ0v) is 13.7. The third-order valence-corrected chi connectivity index (χ3v) is 6.13. The fraction of sp³-hybridized carbons (Fsp3) is 0.533. The van der Waals surface area contributed by atoms with E-state index < -0.39 is 9.84 Å². The zero-order chi connectivity index (χ0) is 15.5. The first-order chi connectivity index (χ1) is 9.95. The van der Waals surface area contributed by atoms with Gasteiger partial charge in [0.1, 0.15) is 0 Å². The Balaban J connectivity index is 2.02. The van der Waals surface area contributed by atoms with Crippen LogP contribution in [0.15, 0.2) is 29.2 Å². The molecular weight excluding hydrogens is 310 g/mol. The summed E-state index contributed by atoms with van der Waals surface area (Å²) < 4.78 is 24.5. The Kier molecular flexibility index (Phi) is 5.27. The highest BCUT2D eigenvalue weighted by Gasteiger charge is 2.28. The first-order valence-corrected chi connectivity index (χ1v) is 9.25. The minimum atomic E-state index is -3.52. The van der Waals surface area contributed by atoms with Crippen molar-refractivity contribution in [2.24, 2.45) is 0 Å². The molecule has 1 heterocycles. The Bertz CT molecular complexity index is 615. The van der Waals surface area contributed by atoms with Crippen LogP contribution in [0.4, 0.5) is 0 Å².